The van der Waals surface area contributed by atoms with Gasteiger partial charge in [-0.15, -0.1) is 0 Å². The van der Waals surface area contributed by atoms with Gasteiger partial charge in [0.1, 0.15) is 0 Å². The fourth-order valence-electron chi connectivity index (χ4n) is 1.73. The van der Waals surface area contributed by atoms with E-state index in [0.717, 1.165) is 5.56 Å². The molecule has 0 bridgehead atoms. The van der Waals surface area contributed by atoms with Gasteiger partial charge in [-0.1, -0.05) is 24.3 Å². The van der Waals surface area contributed by atoms with Crippen LogP contribution in [0.1, 0.15) is 11.1 Å². The topological polar surface area (TPSA) is 66.4 Å². The van der Waals surface area contributed by atoms with Crippen LogP contribution in [-0.2, 0) is 16.6 Å². The molecule has 0 aliphatic heterocycles. The maximum absolute atomic E-state index is 12.2. The quantitative estimate of drug-likeness (QED) is 0.901. The molecule has 0 atom stereocenters. The zero-order valence-corrected chi connectivity index (χ0v) is 11.3. The maximum atomic E-state index is 12.2. The first-order valence-corrected chi connectivity index (χ1v) is 7.29. The Morgan fingerprint density at radius 3 is 2.53 bits per heavy atom. The number of benzene rings is 2. The molecule has 0 heterocycles. The van der Waals surface area contributed by atoms with Gasteiger partial charge in [-0.05, 0) is 42.3 Å². The second-order valence-electron chi connectivity index (χ2n) is 4.28. The van der Waals surface area contributed by atoms with Crippen LogP contribution in [0.15, 0.2) is 53.4 Å². The van der Waals surface area contributed by atoms with Gasteiger partial charge in [-0.2, -0.15) is 0 Å². The van der Waals surface area contributed by atoms with E-state index in [1.54, 1.807) is 42.5 Å². The van der Waals surface area contributed by atoms with E-state index in [-0.39, 0.29) is 11.5 Å². The van der Waals surface area contributed by atoms with Gasteiger partial charge < -0.3 is 5.11 Å². The predicted octanol–water partition coefficient (Wildman–Crippen LogP) is 2.29. The van der Waals surface area contributed by atoms with Crippen LogP contribution in [-0.4, -0.2) is 13.5 Å². The van der Waals surface area contributed by atoms with Crippen LogP contribution in [0.25, 0.3) is 0 Å². The van der Waals surface area contributed by atoms with E-state index in [9.17, 15) is 8.42 Å². The molecule has 0 fully saturated rings. The van der Waals surface area contributed by atoms with E-state index < -0.39 is 10.0 Å². The minimum atomic E-state index is -3.59. The van der Waals surface area contributed by atoms with E-state index in [1.807, 2.05) is 13.0 Å². The van der Waals surface area contributed by atoms with Gasteiger partial charge in [0.2, 0.25) is 0 Å². The van der Waals surface area contributed by atoms with Crippen LogP contribution in [0, 0.1) is 6.92 Å². The molecule has 2 aromatic carbocycles. The Balaban J connectivity index is 2.31. The summed E-state index contributed by atoms with van der Waals surface area (Å²) < 4.78 is 26.9. The Morgan fingerprint density at radius 2 is 1.84 bits per heavy atom. The Bertz CT molecular complexity index is 681. The molecule has 0 saturated heterocycles. The van der Waals surface area contributed by atoms with Crippen molar-refractivity contribution in [3.05, 3.63) is 59.7 Å². The lowest BCUT2D eigenvalue weighted by Crippen LogP contribution is -2.13. The number of aryl methyl sites for hydroxylation is 1. The molecule has 0 aliphatic rings. The average Bonchev–Trinajstić information content (AvgIpc) is 2.38. The van der Waals surface area contributed by atoms with E-state index >= 15 is 0 Å². The van der Waals surface area contributed by atoms with Crippen molar-refractivity contribution in [2.45, 2.75) is 18.4 Å². The Hall–Kier alpha value is -1.85. The third-order valence-electron chi connectivity index (χ3n) is 2.66. The highest BCUT2D eigenvalue weighted by Gasteiger charge is 2.14. The minimum absolute atomic E-state index is 0.125. The summed E-state index contributed by atoms with van der Waals surface area (Å²) in [6.45, 7) is 1.71. The van der Waals surface area contributed by atoms with E-state index in [1.165, 1.54) is 0 Å². The van der Waals surface area contributed by atoms with Crippen molar-refractivity contribution >= 4 is 15.7 Å². The van der Waals surface area contributed by atoms with Crippen LogP contribution in [0.5, 0.6) is 0 Å². The summed E-state index contributed by atoms with van der Waals surface area (Å²) in [7, 11) is -3.59. The predicted molar refractivity (Wildman–Crippen MR) is 74.4 cm³/mol. The SMILES string of the molecule is Cc1cccc(S(=O)(=O)Nc2cccc(CO)c2)c1. The molecular weight excluding hydrogens is 262 g/mol. The van der Waals surface area contributed by atoms with Gasteiger partial charge >= 0.3 is 0 Å². The maximum Gasteiger partial charge on any atom is 0.261 e. The Labute approximate surface area is 112 Å². The van der Waals surface area contributed by atoms with Crippen molar-refractivity contribution in [3.63, 3.8) is 0 Å². The van der Waals surface area contributed by atoms with Crippen LogP contribution in [0.3, 0.4) is 0 Å². The molecule has 2 rings (SSSR count). The van der Waals surface area contributed by atoms with Crippen molar-refractivity contribution < 1.29 is 13.5 Å². The molecule has 2 aromatic rings. The highest BCUT2D eigenvalue weighted by Crippen LogP contribution is 2.18. The normalized spacial score (nSPS) is 11.3. The standard InChI is InChI=1S/C14H15NO3S/c1-11-4-2-7-14(8-11)19(17,18)15-13-6-3-5-12(9-13)10-16/h2-9,15-16H,10H2,1H3. The molecule has 0 amide bonds. The molecule has 5 heteroatoms. The van der Waals surface area contributed by atoms with E-state index in [0.29, 0.717) is 11.3 Å². The van der Waals surface area contributed by atoms with Crippen LogP contribution < -0.4 is 4.72 Å². The molecular formula is C14H15NO3S. The first-order chi connectivity index (χ1) is 9.01. The molecule has 100 valence electrons. The van der Waals surface area contributed by atoms with Gasteiger partial charge in [0.05, 0.1) is 11.5 Å². The first kappa shape index (κ1) is 13.6. The fourth-order valence-corrected chi connectivity index (χ4v) is 2.88. The molecule has 0 aromatic heterocycles. The molecule has 0 unspecified atom stereocenters. The number of rotatable bonds is 4. The highest BCUT2D eigenvalue weighted by atomic mass is 32.2. The molecule has 2 N–H and O–H groups in total. The van der Waals surface area contributed by atoms with Crippen LogP contribution in [0.2, 0.25) is 0 Å². The van der Waals surface area contributed by atoms with E-state index in [2.05, 4.69) is 4.72 Å². The lowest BCUT2D eigenvalue weighted by Gasteiger charge is -2.09. The summed E-state index contributed by atoms with van der Waals surface area (Å²) in [5, 5.41) is 9.04. The molecule has 0 radical (unpaired) electrons. The third-order valence-corrected chi connectivity index (χ3v) is 4.04. The number of hydrogen-bond donors (Lipinski definition) is 2. The highest BCUT2D eigenvalue weighted by molar-refractivity contribution is 7.92. The molecule has 0 aliphatic carbocycles. The summed E-state index contributed by atoms with van der Waals surface area (Å²) >= 11 is 0. The van der Waals surface area contributed by atoms with Gasteiger partial charge in [0, 0.05) is 5.69 Å². The lowest BCUT2D eigenvalue weighted by atomic mass is 10.2. The number of hydrogen-bond acceptors (Lipinski definition) is 3. The van der Waals surface area contributed by atoms with Crippen LogP contribution >= 0.6 is 0 Å². The second kappa shape index (κ2) is 5.42. The monoisotopic (exact) mass is 277 g/mol. The van der Waals surface area contributed by atoms with Crippen molar-refractivity contribution in [2.75, 3.05) is 4.72 Å². The summed E-state index contributed by atoms with van der Waals surface area (Å²) in [6.07, 6.45) is 0. The number of nitrogens with one attached hydrogen (secondary N) is 1. The van der Waals surface area contributed by atoms with Crippen molar-refractivity contribution in [1.82, 2.24) is 0 Å². The number of aliphatic hydroxyl groups excluding tert-OH is 1. The largest absolute Gasteiger partial charge is 0.392 e. The number of anilines is 1. The second-order valence-corrected chi connectivity index (χ2v) is 5.96. The molecule has 4 nitrogen and oxygen atoms in total. The zero-order chi connectivity index (χ0) is 13.9. The first-order valence-electron chi connectivity index (χ1n) is 5.80. The zero-order valence-electron chi connectivity index (χ0n) is 10.5. The van der Waals surface area contributed by atoms with Gasteiger partial charge in [0.25, 0.3) is 10.0 Å². The van der Waals surface area contributed by atoms with Crippen molar-refractivity contribution in [3.8, 4) is 0 Å². The smallest absolute Gasteiger partial charge is 0.261 e. The van der Waals surface area contributed by atoms with Gasteiger partial charge in [-0.25, -0.2) is 8.42 Å². The van der Waals surface area contributed by atoms with Crippen molar-refractivity contribution in [2.24, 2.45) is 0 Å². The summed E-state index contributed by atoms with van der Waals surface area (Å²) in [4.78, 5) is 0.224. The third kappa shape index (κ3) is 3.33. The lowest BCUT2D eigenvalue weighted by molar-refractivity contribution is 0.282. The summed E-state index contributed by atoms with van der Waals surface area (Å²) in [5.41, 5.74) is 1.98. The van der Waals surface area contributed by atoms with Gasteiger partial charge in [-0.3, -0.25) is 4.72 Å². The van der Waals surface area contributed by atoms with Crippen molar-refractivity contribution in [1.29, 1.82) is 0 Å². The van der Waals surface area contributed by atoms with Crippen LogP contribution in [0.4, 0.5) is 5.69 Å². The Kier molecular flexibility index (Phi) is 3.87. The molecule has 0 saturated carbocycles. The number of aliphatic hydroxyl groups is 1. The van der Waals surface area contributed by atoms with Gasteiger partial charge in [0.15, 0.2) is 0 Å². The molecule has 19 heavy (non-hydrogen) atoms. The average molecular weight is 277 g/mol. The fraction of sp³-hybridized carbons (Fsp3) is 0.143. The summed E-state index contributed by atoms with van der Waals surface area (Å²) in [5.74, 6) is 0. The number of sulfonamides is 1. The molecule has 0 spiro atoms. The van der Waals surface area contributed by atoms with E-state index in [4.69, 9.17) is 5.11 Å². The Morgan fingerprint density at radius 1 is 1.11 bits per heavy atom. The minimum Gasteiger partial charge on any atom is -0.392 e. The summed E-state index contributed by atoms with van der Waals surface area (Å²) in [6, 6.07) is 13.4.